The van der Waals surface area contributed by atoms with E-state index >= 15 is 0 Å². The van der Waals surface area contributed by atoms with E-state index in [-0.39, 0.29) is 18.5 Å². The monoisotopic (exact) mass is 1160 g/mol. The quantitative estimate of drug-likeness (QED) is 0.0320. The number of aliphatic hydroxyl groups is 2. The number of unbranched alkanes of at least 4 members (excludes halogenated alkanes) is 53. The highest BCUT2D eigenvalue weighted by Crippen LogP contribution is 2.19. The van der Waals surface area contributed by atoms with Gasteiger partial charge in [-0.1, -0.05) is 351 Å². The topological polar surface area (TPSA) is 95.9 Å². The standard InChI is InChI=1S/C77H145NO5/c1-3-5-7-9-11-13-15-17-19-20-21-22-23-29-32-35-38-42-45-49-53-57-61-65-69-75(80)74(73-79)78-76(81)70-66-62-58-54-50-46-43-39-36-33-30-27-25-24-26-28-31-34-37-40-44-48-52-56-60-64-68-72-83-77(82)71-67-63-59-55-51-47-41-18-16-14-12-10-8-6-4-2/h12,14,18,24-25,41,65,69,74-75,79-80H,3-11,13,15-17,19-23,26-40,42-64,66-68,70-73H2,1-2H3,(H,78,81)/b14-12-,25-24-,41-18-,69-65+. The third kappa shape index (κ3) is 68.8. The number of amides is 1. The van der Waals surface area contributed by atoms with E-state index in [0.717, 1.165) is 51.4 Å². The third-order valence-corrected chi connectivity index (χ3v) is 17.3. The minimum Gasteiger partial charge on any atom is -0.466 e. The molecule has 0 aromatic rings. The lowest BCUT2D eigenvalue weighted by atomic mass is 10.0. The number of rotatable bonds is 70. The van der Waals surface area contributed by atoms with Crippen molar-refractivity contribution in [1.29, 1.82) is 0 Å². The van der Waals surface area contributed by atoms with E-state index in [0.29, 0.717) is 19.4 Å². The predicted octanol–water partition coefficient (Wildman–Crippen LogP) is 24.4. The zero-order valence-corrected chi connectivity index (χ0v) is 55.9. The lowest BCUT2D eigenvalue weighted by molar-refractivity contribution is -0.143. The molecule has 0 radical (unpaired) electrons. The van der Waals surface area contributed by atoms with Crippen LogP contribution in [0.1, 0.15) is 406 Å². The second-order valence-corrected chi connectivity index (χ2v) is 25.6. The summed E-state index contributed by atoms with van der Waals surface area (Å²) in [6.45, 7) is 4.91. The molecule has 488 valence electrons. The summed E-state index contributed by atoms with van der Waals surface area (Å²) in [5, 5.41) is 23.3. The molecule has 0 bridgehead atoms. The van der Waals surface area contributed by atoms with Crippen LogP contribution in [0.4, 0.5) is 0 Å². The maximum Gasteiger partial charge on any atom is 0.305 e. The summed E-state index contributed by atoms with van der Waals surface area (Å²) >= 11 is 0. The fraction of sp³-hybridized carbons (Fsp3) is 0.870. The number of carbonyl (C=O) groups is 2. The van der Waals surface area contributed by atoms with Gasteiger partial charge in [-0.05, 0) is 89.9 Å². The van der Waals surface area contributed by atoms with Gasteiger partial charge in [0.15, 0.2) is 0 Å². The molecule has 1 amide bonds. The number of esters is 1. The van der Waals surface area contributed by atoms with Gasteiger partial charge in [0, 0.05) is 12.8 Å². The number of nitrogens with one attached hydrogen (secondary N) is 1. The predicted molar refractivity (Wildman–Crippen MR) is 366 cm³/mol. The van der Waals surface area contributed by atoms with Gasteiger partial charge in [-0.15, -0.1) is 0 Å². The number of allylic oxidation sites excluding steroid dienone is 7. The Morgan fingerprint density at radius 3 is 0.952 bits per heavy atom. The molecule has 83 heavy (non-hydrogen) atoms. The number of hydrogen-bond donors (Lipinski definition) is 3. The Balaban J connectivity index is 3.42. The van der Waals surface area contributed by atoms with E-state index in [1.807, 2.05) is 6.08 Å². The van der Waals surface area contributed by atoms with Crippen LogP contribution in [0, 0.1) is 0 Å². The molecule has 2 atom stereocenters. The molecule has 2 unspecified atom stereocenters. The van der Waals surface area contributed by atoms with Gasteiger partial charge in [0.25, 0.3) is 0 Å². The normalized spacial score (nSPS) is 12.8. The van der Waals surface area contributed by atoms with Crippen molar-refractivity contribution in [1.82, 2.24) is 5.32 Å². The summed E-state index contributed by atoms with van der Waals surface area (Å²) in [6.07, 6.45) is 94.9. The van der Waals surface area contributed by atoms with E-state index in [2.05, 4.69) is 55.6 Å². The van der Waals surface area contributed by atoms with Gasteiger partial charge in [0.1, 0.15) is 0 Å². The Bertz CT molecular complexity index is 1390. The Kier molecular flexibility index (Phi) is 70.4. The van der Waals surface area contributed by atoms with Crippen LogP contribution in [0.2, 0.25) is 0 Å². The molecule has 0 aromatic carbocycles. The molecule has 0 spiro atoms. The molecule has 0 saturated heterocycles. The second kappa shape index (κ2) is 72.3. The van der Waals surface area contributed by atoms with Gasteiger partial charge in [0.05, 0.1) is 25.4 Å². The van der Waals surface area contributed by atoms with Gasteiger partial charge < -0.3 is 20.3 Å². The van der Waals surface area contributed by atoms with E-state index in [1.165, 1.54) is 327 Å². The van der Waals surface area contributed by atoms with Crippen molar-refractivity contribution in [2.75, 3.05) is 13.2 Å². The highest BCUT2D eigenvalue weighted by atomic mass is 16.5. The minimum absolute atomic E-state index is 0.00104. The first-order valence-corrected chi connectivity index (χ1v) is 37.4. The third-order valence-electron chi connectivity index (χ3n) is 17.3. The maximum atomic E-state index is 12.5. The lowest BCUT2D eigenvalue weighted by Crippen LogP contribution is -2.45. The van der Waals surface area contributed by atoms with Crippen LogP contribution in [0.25, 0.3) is 0 Å². The summed E-state index contributed by atoms with van der Waals surface area (Å²) in [4.78, 5) is 24.6. The van der Waals surface area contributed by atoms with Crippen LogP contribution in [0.15, 0.2) is 48.6 Å². The number of ether oxygens (including phenoxy) is 1. The summed E-state index contributed by atoms with van der Waals surface area (Å²) < 4.78 is 5.49. The molecule has 0 aliphatic carbocycles. The SMILES string of the molecule is CCCCC/C=C\C/C=C\CCCCCCCC(=O)OCCCCCCCCCCCCCC/C=C\CCCCCCCCCCCCCC(=O)NC(CO)C(O)/C=C/CCCCCCCCCCCCCCCCCCCCCCCC. The largest absolute Gasteiger partial charge is 0.466 e. The first-order chi connectivity index (χ1) is 41.0. The van der Waals surface area contributed by atoms with Gasteiger partial charge in [0.2, 0.25) is 5.91 Å². The van der Waals surface area contributed by atoms with Crippen LogP contribution < -0.4 is 5.32 Å². The molecule has 0 aromatic heterocycles. The van der Waals surface area contributed by atoms with Gasteiger partial charge >= 0.3 is 5.97 Å². The molecule has 0 aliphatic heterocycles. The highest BCUT2D eigenvalue weighted by Gasteiger charge is 2.18. The van der Waals surface area contributed by atoms with Crippen LogP contribution in [0.3, 0.4) is 0 Å². The van der Waals surface area contributed by atoms with Crippen molar-refractivity contribution in [3.63, 3.8) is 0 Å². The van der Waals surface area contributed by atoms with E-state index < -0.39 is 12.1 Å². The van der Waals surface area contributed by atoms with Crippen LogP contribution in [-0.4, -0.2) is 47.4 Å². The molecule has 0 heterocycles. The molecule has 0 aliphatic rings. The molecule has 6 nitrogen and oxygen atoms in total. The summed E-state index contributed by atoms with van der Waals surface area (Å²) in [7, 11) is 0. The Morgan fingerprint density at radius 1 is 0.337 bits per heavy atom. The van der Waals surface area contributed by atoms with Crippen molar-refractivity contribution >= 4 is 11.9 Å². The highest BCUT2D eigenvalue weighted by molar-refractivity contribution is 5.76. The van der Waals surface area contributed by atoms with Gasteiger partial charge in [-0.2, -0.15) is 0 Å². The fourth-order valence-corrected chi connectivity index (χ4v) is 11.6. The fourth-order valence-electron chi connectivity index (χ4n) is 11.6. The first kappa shape index (κ1) is 80.8. The van der Waals surface area contributed by atoms with Crippen molar-refractivity contribution in [3.8, 4) is 0 Å². The molecule has 0 rings (SSSR count). The molecular formula is C77H145NO5. The Morgan fingerprint density at radius 2 is 0.602 bits per heavy atom. The van der Waals surface area contributed by atoms with Crippen LogP contribution >= 0.6 is 0 Å². The smallest absolute Gasteiger partial charge is 0.305 e. The lowest BCUT2D eigenvalue weighted by Gasteiger charge is -2.20. The average Bonchev–Trinajstić information content (AvgIpc) is 3.48. The number of carbonyl (C=O) groups excluding carboxylic acids is 2. The molecule has 0 saturated carbocycles. The average molecular weight is 1170 g/mol. The van der Waals surface area contributed by atoms with Gasteiger partial charge in [-0.3, -0.25) is 9.59 Å². The van der Waals surface area contributed by atoms with Gasteiger partial charge in [-0.25, -0.2) is 0 Å². The van der Waals surface area contributed by atoms with Crippen LogP contribution in [-0.2, 0) is 14.3 Å². The zero-order valence-electron chi connectivity index (χ0n) is 55.9. The number of aliphatic hydroxyl groups excluding tert-OH is 2. The second-order valence-electron chi connectivity index (χ2n) is 25.6. The van der Waals surface area contributed by atoms with E-state index in [1.54, 1.807) is 6.08 Å². The van der Waals surface area contributed by atoms with Crippen molar-refractivity contribution in [3.05, 3.63) is 48.6 Å². The molecular weight excluding hydrogens is 1020 g/mol. The molecule has 0 fully saturated rings. The van der Waals surface area contributed by atoms with E-state index in [9.17, 15) is 19.8 Å². The molecule has 6 heteroatoms. The van der Waals surface area contributed by atoms with Crippen molar-refractivity contribution in [2.45, 2.75) is 418 Å². The van der Waals surface area contributed by atoms with E-state index in [4.69, 9.17) is 4.74 Å². The van der Waals surface area contributed by atoms with Crippen molar-refractivity contribution in [2.24, 2.45) is 0 Å². The van der Waals surface area contributed by atoms with Crippen LogP contribution in [0.5, 0.6) is 0 Å². The summed E-state index contributed by atoms with van der Waals surface area (Å²) in [6, 6.07) is -0.631. The first-order valence-electron chi connectivity index (χ1n) is 37.4. The van der Waals surface area contributed by atoms with Crippen molar-refractivity contribution < 1.29 is 24.5 Å². The minimum atomic E-state index is -0.847. The summed E-state index contributed by atoms with van der Waals surface area (Å²) in [5.74, 6) is -0.0639. The zero-order chi connectivity index (χ0) is 59.9. The Hall–Kier alpha value is -2.18. The molecule has 3 N–H and O–H groups in total. The summed E-state index contributed by atoms with van der Waals surface area (Å²) in [5.41, 5.74) is 0. The Labute approximate surface area is 518 Å². The number of hydrogen-bond acceptors (Lipinski definition) is 5. The maximum absolute atomic E-state index is 12.5.